The Balaban J connectivity index is 2.17. The third-order valence-electron chi connectivity index (χ3n) is 3.51. The zero-order valence-corrected chi connectivity index (χ0v) is 9.86. The zero-order valence-electron chi connectivity index (χ0n) is 9.86. The fraction of sp³-hybridized carbons (Fsp3) is 1.00. The molecule has 0 aromatic heterocycles. The fourth-order valence-corrected chi connectivity index (χ4v) is 2.45. The van der Waals surface area contributed by atoms with Gasteiger partial charge in [-0.15, -0.1) is 0 Å². The van der Waals surface area contributed by atoms with Crippen LogP contribution in [0.1, 0.15) is 70.6 Å². The molecule has 0 heterocycles. The minimum Gasteiger partial charge on any atom is -0.317 e. The maximum Gasteiger partial charge on any atom is 0.00640 e. The van der Waals surface area contributed by atoms with Crippen LogP contribution in [0, 0.1) is 0 Å². The SMILES string of the molecule is CNC1CCCCCCCCCCC1. The van der Waals surface area contributed by atoms with Gasteiger partial charge < -0.3 is 5.32 Å². The molecule has 1 rings (SSSR count). The normalized spacial score (nSPS) is 23.8. The Morgan fingerprint density at radius 3 is 1.36 bits per heavy atom. The predicted octanol–water partition coefficient (Wildman–Crippen LogP) is 3.88. The van der Waals surface area contributed by atoms with Gasteiger partial charge in [-0.25, -0.2) is 0 Å². The van der Waals surface area contributed by atoms with E-state index in [4.69, 9.17) is 0 Å². The molecule has 0 amide bonds. The number of rotatable bonds is 1. The van der Waals surface area contributed by atoms with Crippen molar-refractivity contribution in [1.82, 2.24) is 5.32 Å². The number of nitrogens with one attached hydrogen (secondary N) is 1. The lowest BCUT2D eigenvalue weighted by Gasteiger charge is -2.16. The van der Waals surface area contributed by atoms with Gasteiger partial charge in [-0.2, -0.15) is 0 Å². The smallest absolute Gasteiger partial charge is 0.00640 e. The molecular formula is C13H27N. The van der Waals surface area contributed by atoms with Gasteiger partial charge in [0.05, 0.1) is 0 Å². The summed E-state index contributed by atoms with van der Waals surface area (Å²) in [6.45, 7) is 0. The van der Waals surface area contributed by atoms with Crippen LogP contribution in [0.2, 0.25) is 0 Å². The van der Waals surface area contributed by atoms with Crippen molar-refractivity contribution in [3.63, 3.8) is 0 Å². The largest absolute Gasteiger partial charge is 0.317 e. The van der Waals surface area contributed by atoms with Gasteiger partial charge in [0, 0.05) is 6.04 Å². The van der Waals surface area contributed by atoms with E-state index >= 15 is 0 Å². The van der Waals surface area contributed by atoms with E-state index in [1.165, 1.54) is 70.6 Å². The molecule has 0 aliphatic heterocycles. The molecule has 14 heavy (non-hydrogen) atoms. The molecule has 0 radical (unpaired) electrons. The van der Waals surface area contributed by atoms with E-state index in [0.717, 1.165) is 6.04 Å². The molecule has 0 unspecified atom stereocenters. The van der Waals surface area contributed by atoms with Gasteiger partial charge in [-0.3, -0.25) is 0 Å². The van der Waals surface area contributed by atoms with E-state index in [2.05, 4.69) is 12.4 Å². The molecular weight excluding hydrogens is 170 g/mol. The van der Waals surface area contributed by atoms with Crippen molar-refractivity contribution in [1.29, 1.82) is 0 Å². The molecule has 1 heteroatoms. The molecule has 1 aliphatic rings. The summed E-state index contributed by atoms with van der Waals surface area (Å²) >= 11 is 0. The van der Waals surface area contributed by atoms with Crippen molar-refractivity contribution >= 4 is 0 Å². The predicted molar refractivity (Wildman–Crippen MR) is 63.6 cm³/mol. The summed E-state index contributed by atoms with van der Waals surface area (Å²) in [6, 6.07) is 0.800. The second-order valence-corrected chi connectivity index (χ2v) is 4.74. The highest BCUT2D eigenvalue weighted by molar-refractivity contribution is 4.65. The molecule has 84 valence electrons. The van der Waals surface area contributed by atoms with Gasteiger partial charge in [-0.1, -0.05) is 57.8 Å². The van der Waals surface area contributed by atoms with E-state index in [0.29, 0.717) is 0 Å². The Morgan fingerprint density at radius 1 is 0.643 bits per heavy atom. The average molecular weight is 197 g/mol. The molecule has 0 atom stereocenters. The monoisotopic (exact) mass is 197 g/mol. The molecule has 0 spiro atoms. The van der Waals surface area contributed by atoms with Crippen LogP contribution in [0.5, 0.6) is 0 Å². The van der Waals surface area contributed by atoms with Crippen LogP contribution in [-0.4, -0.2) is 13.1 Å². The summed E-state index contributed by atoms with van der Waals surface area (Å²) < 4.78 is 0. The van der Waals surface area contributed by atoms with Crippen molar-refractivity contribution < 1.29 is 0 Å². The minimum absolute atomic E-state index is 0.800. The van der Waals surface area contributed by atoms with E-state index in [1.54, 1.807) is 0 Å². The fourth-order valence-electron chi connectivity index (χ4n) is 2.45. The van der Waals surface area contributed by atoms with Crippen molar-refractivity contribution in [3.8, 4) is 0 Å². The van der Waals surface area contributed by atoms with E-state index < -0.39 is 0 Å². The standard InChI is InChI=1S/C13H27N/c1-14-13-11-9-7-5-3-2-4-6-8-10-12-13/h13-14H,2-12H2,1H3. The molecule has 0 saturated heterocycles. The third-order valence-corrected chi connectivity index (χ3v) is 3.51. The topological polar surface area (TPSA) is 12.0 Å². The lowest BCUT2D eigenvalue weighted by atomic mass is 9.98. The molecule has 1 saturated carbocycles. The van der Waals surface area contributed by atoms with Crippen LogP contribution in [0.15, 0.2) is 0 Å². The second-order valence-electron chi connectivity index (χ2n) is 4.74. The first kappa shape index (κ1) is 12.0. The van der Waals surface area contributed by atoms with Crippen molar-refractivity contribution in [2.45, 2.75) is 76.7 Å². The van der Waals surface area contributed by atoms with Crippen LogP contribution >= 0.6 is 0 Å². The Hall–Kier alpha value is -0.0400. The maximum atomic E-state index is 3.46. The summed E-state index contributed by atoms with van der Waals surface area (Å²) in [5, 5.41) is 3.46. The first-order valence-corrected chi connectivity index (χ1v) is 6.61. The van der Waals surface area contributed by atoms with E-state index in [-0.39, 0.29) is 0 Å². The Kier molecular flexibility index (Phi) is 7.12. The molecule has 1 aliphatic carbocycles. The van der Waals surface area contributed by atoms with Crippen LogP contribution < -0.4 is 5.32 Å². The highest BCUT2D eigenvalue weighted by Crippen LogP contribution is 2.16. The van der Waals surface area contributed by atoms with E-state index in [9.17, 15) is 0 Å². The Labute approximate surface area is 89.7 Å². The van der Waals surface area contributed by atoms with Crippen molar-refractivity contribution in [3.05, 3.63) is 0 Å². The van der Waals surface area contributed by atoms with Crippen LogP contribution in [0.25, 0.3) is 0 Å². The molecule has 0 aromatic rings. The third kappa shape index (κ3) is 5.64. The molecule has 1 nitrogen and oxygen atoms in total. The summed E-state index contributed by atoms with van der Waals surface area (Å²) in [5.74, 6) is 0. The number of hydrogen-bond acceptors (Lipinski definition) is 1. The van der Waals surface area contributed by atoms with Gasteiger partial charge >= 0.3 is 0 Å². The summed E-state index contributed by atoms with van der Waals surface area (Å²) in [7, 11) is 2.12. The quantitative estimate of drug-likeness (QED) is 0.672. The van der Waals surface area contributed by atoms with Gasteiger partial charge in [0.15, 0.2) is 0 Å². The lowest BCUT2D eigenvalue weighted by molar-refractivity contribution is 0.425. The molecule has 0 bridgehead atoms. The highest BCUT2D eigenvalue weighted by Gasteiger charge is 2.06. The summed E-state index contributed by atoms with van der Waals surface area (Å²) in [6.07, 6.45) is 16.0. The van der Waals surface area contributed by atoms with Crippen LogP contribution in [0.3, 0.4) is 0 Å². The van der Waals surface area contributed by atoms with Crippen LogP contribution in [-0.2, 0) is 0 Å². The van der Waals surface area contributed by atoms with Gasteiger partial charge in [0.2, 0.25) is 0 Å². The molecule has 0 aromatic carbocycles. The Bertz CT molecular complexity index is 110. The van der Waals surface area contributed by atoms with Crippen molar-refractivity contribution in [2.75, 3.05) is 7.05 Å². The van der Waals surface area contributed by atoms with Gasteiger partial charge in [0.25, 0.3) is 0 Å². The number of hydrogen-bond donors (Lipinski definition) is 1. The molecule has 1 N–H and O–H groups in total. The van der Waals surface area contributed by atoms with Gasteiger partial charge in [0.1, 0.15) is 0 Å². The lowest BCUT2D eigenvalue weighted by Crippen LogP contribution is -2.24. The van der Waals surface area contributed by atoms with Crippen LogP contribution in [0.4, 0.5) is 0 Å². The van der Waals surface area contributed by atoms with E-state index in [1.807, 2.05) is 0 Å². The maximum absolute atomic E-state index is 3.46. The Morgan fingerprint density at radius 2 is 1.00 bits per heavy atom. The van der Waals surface area contributed by atoms with Gasteiger partial charge in [-0.05, 0) is 19.9 Å². The first-order chi connectivity index (χ1) is 6.93. The summed E-state index contributed by atoms with van der Waals surface area (Å²) in [5.41, 5.74) is 0. The minimum atomic E-state index is 0.800. The average Bonchev–Trinajstić information content (AvgIpc) is 2.19. The first-order valence-electron chi connectivity index (χ1n) is 6.61. The highest BCUT2D eigenvalue weighted by atomic mass is 14.9. The zero-order chi connectivity index (χ0) is 10.1. The second kappa shape index (κ2) is 8.28. The summed E-state index contributed by atoms with van der Waals surface area (Å²) in [4.78, 5) is 0. The molecule has 1 fully saturated rings. The van der Waals surface area contributed by atoms with Crippen molar-refractivity contribution in [2.24, 2.45) is 0 Å².